The van der Waals surface area contributed by atoms with Gasteiger partial charge in [-0.15, -0.1) is 0 Å². The minimum Gasteiger partial charge on any atom is -0.494 e. The lowest BCUT2D eigenvalue weighted by Gasteiger charge is -2.04. The lowest BCUT2D eigenvalue weighted by Crippen LogP contribution is -2.10. The molecule has 0 aliphatic heterocycles. The van der Waals surface area contributed by atoms with Gasteiger partial charge in [0.25, 0.3) is 0 Å². The molecule has 120 valence electrons. The Hall–Kier alpha value is -2.82. The number of nitrogens with one attached hydrogen (secondary N) is 1. The fourth-order valence-corrected chi connectivity index (χ4v) is 1.78. The zero-order chi connectivity index (χ0) is 16.3. The molecule has 0 heterocycles. The van der Waals surface area contributed by atoms with Crippen molar-refractivity contribution < 1.29 is 14.4 Å². The molecule has 2 aromatic carbocycles. The normalized spacial score (nSPS) is 10.5. The number of carbonyl (C=O) groups excluding carboxylic acids is 1. The smallest absolute Gasteiger partial charge is 0.437 e. The first kappa shape index (κ1) is 16.5. The van der Waals surface area contributed by atoms with Gasteiger partial charge in [0.15, 0.2) is 0 Å². The molecule has 0 bridgehead atoms. The number of hydrogen-bond acceptors (Lipinski definition) is 4. The third-order valence-electron chi connectivity index (χ3n) is 3.00. The topological polar surface area (TPSA) is 59.9 Å². The van der Waals surface area contributed by atoms with Crippen molar-refractivity contribution in [2.24, 2.45) is 5.16 Å². The highest BCUT2D eigenvalue weighted by Gasteiger charge is 2.01. The summed E-state index contributed by atoms with van der Waals surface area (Å²) in [6.45, 7) is 2.84. The highest BCUT2D eigenvalue weighted by atomic mass is 16.7. The molecule has 0 fully saturated rings. The molecule has 0 aliphatic rings. The number of oxime groups is 1. The summed E-state index contributed by atoms with van der Waals surface area (Å²) in [7, 11) is 0. The van der Waals surface area contributed by atoms with Gasteiger partial charge in [-0.3, -0.25) is 10.2 Å². The van der Waals surface area contributed by atoms with Crippen molar-refractivity contribution in [3.05, 3.63) is 60.2 Å². The highest BCUT2D eigenvalue weighted by Crippen LogP contribution is 2.12. The van der Waals surface area contributed by atoms with Gasteiger partial charge < -0.3 is 4.74 Å². The van der Waals surface area contributed by atoms with E-state index in [-0.39, 0.29) is 0 Å². The number of rotatable bonds is 7. The first-order chi connectivity index (χ1) is 11.3. The molecule has 1 N–H and O–H groups in total. The van der Waals surface area contributed by atoms with E-state index in [0.29, 0.717) is 12.3 Å². The predicted molar refractivity (Wildman–Crippen MR) is 91.0 cm³/mol. The number of carbonyl (C=O) groups is 1. The lowest BCUT2D eigenvalue weighted by atomic mass is 10.2. The maximum atomic E-state index is 11.5. The molecule has 0 saturated heterocycles. The summed E-state index contributed by atoms with van der Waals surface area (Å²) in [6.07, 6.45) is 2.98. The van der Waals surface area contributed by atoms with Gasteiger partial charge in [0, 0.05) is 5.69 Å². The molecule has 0 atom stereocenters. The minimum atomic E-state index is -0.632. The average molecular weight is 312 g/mol. The number of unbranched alkanes of at least 4 members (excludes halogenated alkanes) is 1. The Morgan fingerprint density at radius 2 is 1.87 bits per heavy atom. The molecule has 1 amide bonds. The number of nitrogens with zero attached hydrogens (tertiary/aromatic N) is 1. The van der Waals surface area contributed by atoms with E-state index in [2.05, 4.69) is 17.4 Å². The van der Waals surface area contributed by atoms with Gasteiger partial charge in [0.2, 0.25) is 0 Å². The molecule has 0 spiro atoms. The van der Waals surface area contributed by atoms with E-state index in [9.17, 15) is 4.79 Å². The Labute approximate surface area is 135 Å². The maximum absolute atomic E-state index is 11.5. The summed E-state index contributed by atoms with van der Waals surface area (Å²) >= 11 is 0. The van der Waals surface area contributed by atoms with E-state index in [1.54, 1.807) is 12.1 Å². The van der Waals surface area contributed by atoms with Crippen LogP contribution in [-0.4, -0.2) is 18.9 Å². The van der Waals surface area contributed by atoms with Crippen LogP contribution in [0.5, 0.6) is 5.75 Å². The largest absolute Gasteiger partial charge is 0.494 e. The Morgan fingerprint density at radius 1 is 1.13 bits per heavy atom. The van der Waals surface area contributed by atoms with E-state index in [0.717, 1.165) is 24.2 Å². The van der Waals surface area contributed by atoms with Crippen LogP contribution in [0.25, 0.3) is 0 Å². The fraction of sp³-hybridized carbons (Fsp3) is 0.222. The van der Waals surface area contributed by atoms with Crippen LogP contribution in [0.4, 0.5) is 10.5 Å². The van der Waals surface area contributed by atoms with Gasteiger partial charge in [-0.1, -0.05) is 36.7 Å². The molecule has 0 aromatic heterocycles. The van der Waals surface area contributed by atoms with Crippen LogP contribution in [0, 0.1) is 0 Å². The molecule has 0 saturated carbocycles. The third-order valence-corrected chi connectivity index (χ3v) is 3.00. The summed E-state index contributed by atoms with van der Waals surface area (Å²) in [5.41, 5.74) is 1.47. The zero-order valence-electron chi connectivity index (χ0n) is 13.1. The number of amides is 1. The van der Waals surface area contributed by atoms with Crippen molar-refractivity contribution in [2.45, 2.75) is 19.8 Å². The number of ether oxygens (including phenoxy) is 1. The molecular weight excluding hydrogens is 292 g/mol. The van der Waals surface area contributed by atoms with Crippen LogP contribution in [0.1, 0.15) is 25.3 Å². The van der Waals surface area contributed by atoms with E-state index >= 15 is 0 Å². The molecule has 0 unspecified atom stereocenters. The predicted octanol–water partition coefficient (Wildman–Crippen LogP) is 4.45. The fourth-order valence-electron chi connectivity index (χ4n) is 1.78. The lowest BCUT2D eigenvalue weighted by molar-refractivity contribution is 0.167. The van der Waals surface area contributed by atoms with Crippen LogP contribution in [0.15, 0.2) is 59.8 Å². The second-order valence-electron chi connectivity index (χ2n) is 4.88. The SMILES string of the molecule is CCCCOc1ccc(C=NOC(=O)Nc2ccccc2)cc1. The van der Waals surface area contributed by atoms with Crippen molar-refractivity contribution >= 4 is 18.0 Å². The number of anilines is 1. The molecule has 23 heavy (non-hydrogen) atoms. The van der Waals surface area contributed by atoms with Gasteiger partial charge in [0.1, 0.15) is 5.75 Å². The standard InChI is InChI=1S/C18H20N2O3/c1-2-3-13-22-17-11-9-15(10-12-17)14-19-23-18(21)20-16-7-5-4-6-8-16/h4-12,14H,2-3,13H2,1H3,(H,20,21). The van der Waals surface area contributed by atoms with E-state index < -0.39 is 6.09 Å². The van der Waals surface area contributed by atoms with Crippen LogP contribution in [0.2, 0.25) is 0 Å². The minimum absolute atomic E-state index is 0.632. The zero-order valence-corrected chi connectivity index (χ0v) is 13.1. The van der Waals surface area contributed by atoms with Gasteiger partial charge in [0.05, 0.1) is 12.8 Å². The first-order valence-corrected chi connectivity index (χ1v) is 7.57. The summed E-state index contributed by atoms with van der Waals surface area (Å²) in [4.78, 5) is 16.3. The number of para-hydroxylation sites is 1. The van der Waals surface area contributed by atoms with Crippen molar-refractivity contribution in [1.29, 1.82) is 0 Å². The van der Waals surface area contributed by atoms with Crippen LogP contribution in [0.3, 0.4) is 0 Å². The molecule has 2 rings (SSSR count). The Balaban J connectivity index is 1.77. The average Bonchev–Trinajstić information content (AvgIpc) is 2.57. The number of hydrogen-bond donors (Lipinski definition) is 1. The molecular formula is C18H20N2O3. The Bertz CT molecular complexity index is 624. The van der Waals surface area contributed by atoms with Gasteiger partial charge in [-0.05, 0) is 48.4 Å². The van der Waals surface area contributed by atoms with Gasteiger partial charge in [-0.25, -0.2) is 4.79 Å². The summed E-state index contributed by atoms with van der Waals surface area (Å²) in [6, 6.07) is 16.5. The van der Waals surface area contributed by atoms with Crippen LogP contribution in [-0.2, 0) is 4.84 Å². The van der Waals surface area contributed by atoms with Crippen LogP contribution >= 0.6 is 0 Å². The van der Waals surface area contributed by atoms with Crippen molar-refractivity contribution in [3.63, 3.8) is 0 Å². The molecule has 2 aromatic rings. The van der Waals surface area contributed by atoms with Crippen molar-refractivity contribution in [2.75, 3.05) is 11.9 Å². The highest BCUT2D eigenvalue weighted by molar-refractivity contribution is 5.85. The second-order valence-corrected chi connectivity index (χ2v) is 4.88. The van der Waals surface area contributed by atoms with Crippen molar-refractivity contribution in [1.82, 2.24) is 0 Å². The molecule has 0 aliphatic carbocycles. The van der Waals surface area contributed by atoms with Gasteiger partial charge in [-0.2, -0.15) is 0 Å². The molecule has 0 radical (unpaired) electrons. The van der Waals surface area contributed by atoms with Crippen LogP contribution < -0.4 is 10.1 Å². The monoisotopic (exact) mass is 312 g/mol. The van der Waals surface area contributed by atoms with E-state index in [1.165, 1.54) is 6.21 Å². The summed E-state index contributed by atoms with van der Waals surface area (Å²) < 4.78 is 5.57. The number of benzene rings is 2. The quantitative estimate of drug-likeness (QED) is 0.356. The molecule has 5 heteroatoms. The summed E-state index contributed by atoms with van der Waals surface area (Å²) in [5.74, 6) is 0.818. The van der Waals surface area contributed by atoms with Crippen molar-refractivity contribution in [3.8, 4) is 5.75 Å². The Morgan fingerprint density at radius 3 is 2.57 bits per heavy atom. The maximum Gasteiger partial charge on any atom is 0.437 e. The van der Waals surface area contributed by atoms with E-state index in [4.69, 9.17) is 9.57 Å². The first-order valence-electron chi connectivity index (χ1n) is 7.57. The Kier molecular flexibility index (Phi) is 6.65. The van der Waals surface area contributed by atoms with E-state index in [1.807, 2.05) is 42.5 Å². The summed E-state index contributed by atoms with van der Waals surface area (Å²) in [5, 5.41) is 6.24. The molecule has 5 nitrogen and oxygen atoms in total. The third kappa shape index (κ3) is 6.22. The van der Waals surface area contributed by atoms with Gasteiger partial charge >= 0.3 is 6.09 Å². The second kappa shape index (κ2) is 9.25.